The van der Waals surface area contributed by atoms with E-state index in [0.29, 0.717) is 36.4 Å². The summed E-state index contributed by atoms with van der Waals surface area (Å²) in [5, 5.41) is 3.00. The minimum atomic E-state index is -3.30. The van der Waals surface area contributed by atoms with E-state index in [1.807, 2.05) is 6.92 Å². The number of nitrogens with one attached hydrogen (secondary N) is 1. The molecule has 0 spiro atoms. The lowest BCUT2D eigenvalue weighted by atomic mass is 10.1. The predicted molar refractivity (Wildman–Crippen MR) is 125 cm³/mol. The number of sulfone groups is 1. The van der Waals surface area contributed by atoms with E-state index in [1.165, 1.54) is 24.3 Å². The fourth-order valence-corrected chi connectivity index (χ4v) is 4.46. The summed E-state index contributed by atoms with van der Waals surface area (Å²) in [6.45, 7) is 2.19. The van der Waals surface area contributed by atoms with Crippen LogP contribution in [-0.4, -0.2) is 37.4 Å². The molecule has 2 aromatic heterocycles. The Morgan fingerprint density at radius 2 is 1.91 bits per heavy atom. The van der Waals surface area contributed by atoms with Crippen molar-refractivity contribution in [2.24, 2.45) is 0 Å². The highest BCUT2D eigenvalue weighted by Crippen LogP contribution is 2.31. The van der Waals surface area contributed by atoms with E-state index in [0.717, 1.165) is 18.9 Å². The summed E-state index contributed by atoms with van der Waals surface area (Å²) in [6.07, 6.45) is 4.13. The van der Waals surface area contributed by atoms with Gasteiger partial charge in [-0.3, -0.25) is 0 Å². The highest BCUT2D eigenvalue weighted by molar-refractivity contribution is 7.89. The van der Waals surface area contributed by atoms with Gasteiger partial charge in [-0.15, -0.1) is 0 Å². The Bertz CT molecular complexity index is 1300. The second-order valence-corrected chi connectivity index (χ2v) is 10.5. The maximum absolute atomic E-state index is 14.6. The zero-order chi connectivity index (χ0) is 24.3. The Morgan fingerprint density at radius 1 is 1.09 bits per heavy atom. The quantitative estimate of drug-likeness (QED) is 0.539. The number of fused-ring (bicyclic) bond motifs is 7. The molecule has 1 aliphatic heterocycles. The molecule has 0 saturated carbocycles. The van der Waals surface area contributed by atoms with Gasteiger partial charge in [-0.1, -0.05) is 6.07 Å². The van der Waals surface area contributed by atoms with Gasteiger partial charge in [0.05, 0.1) is 24.7 Å². The average molecular weight is 490 g/mol. The Hall–Kier alpha value is -3.27. The van der Waals surface area contributed by atoms with Crippen LogP contribution in [0.2, 0.25) is 0 Å². The SMILES string of the molecule is CC1CCCCOc2cc(ccc2F)-c2cc(ncc2F)Nc2cc(CS(C)(=O)=O)cc(n2)O1. The first-order chi connectivity index (χ1) is 16.2. The van der Waals surface area contributed by atoms with E-state index in [2.05, 4.69) is 15.3 Å². The van der Waals surface area contributed by atoms with Crippen LogP contribution >= 0.6 is 0 Å². The van der Waals surface area contributed by atoms with Crippen LogP contribution in [0.4, 0.5) is 20.4 Å². The molecule has 7 nitrogen and oxygen atoms in total. The van der Waals surface area contributed by atoms with Gasteiger partial charge in [-0.05, 0) is 61.6 Å². The first-order valence-electron chi connectivity index (χ1n) is 10.9. The summed E-state index contributed by atoms with van der Waals surface area (Å²) >= 11 is 0. The molecular formula is C24H25F2N3O4S. The van der Waals surface area contributed by atoms with Gasteiger partial charge in [0.1, 0.15) is 17.5 Å². The van der Waals surface area contributed by atoms with Crippen LogP contribution in [0.3, 0.4) is 0 Å². The number of hydrogen-bond acceptors (Lipinski definition) is 7. The van der Waals surface area contributed by atoms with Crippen LogP contribution in [0.5, 0.6) is 11.6 Å². The average Bonchev–Trinajstić information content (AvgIpc) is 2.74. The number of ether oxygens (including phenoxy) is 2. The lowest BCUT2D eigenvalue weighted by Crippen LogP contribution is -2.14. The summed E-state index contributed by atoms with van der Waals surface area (Å²) in [7, 11) is -3.30. The highest BCUT2D eigenvalue weighted by Gasteiger charge is 2.15. The summed E-state index contributed by atoms with van der Waals surface area (Å²) < 4.78 is 64.2. The van der Waals surface area contributed by atoms with Crippen LogP contribution in [-0.2, 0) is 15.6 Å². The molecule has 1 atom stereocenters. The third-order valence-corrected chi connectivity index (χ3v) is 6.09. The van der Waals surface area contributed by atoms with Crippen LogP contribution < -0.4 is 14.8 Å². The van der Waals surface area contributed by atoms with Gasteiger partial charge in [-0.2, -0.15) is 4.98 Å². The number of benzene rings is 1. The number of rotatable bonds is 2. The molecule has 0 amide bonds. The van der Waals surface area contributed by atoms with Crippen molar-refractivity contribution in [1.29, 1.82) is 0 Å². The normalized spacial score (nSPS) is 16.5. The summed E-state index contributed by atoms with van der Waals surface area (Å²) in [6, 6.07) is 8.82. The molecule has 1 unspecified atom stereocenters. The molecule has 1 N–H and O–H groups in total. The van der Waals surface area contributed by atoms with Gasteiger partial charge in [0.25, 0.3) is 0 Å². The molecule has 0 radical (unpaired) electrons. The lowest BCUT2D eigenvalue weighted by Gasteiger charge is -2.16. The van der Waals surface area contributed by atoms with Crippen molar-refractivity contribution in [2.45, 2.75) is 38.0 Å². The van der Waals surface area contributed by atoms with Crippen molar-refractivity contribution in [3.05, 3.63) is 59.8 Å². The van der Waals surface area contributed by atoms with E-state index < -0.39 is 21.5 Å². The topological polar surface area (TPSA) is 90.4 Å². The Kier molecular flexibility index (Phi) is 6.97. The minimum Gasteiger partial charge on any atom is -0.490 e. The molecule has 3 aromatic rings. The molecule has 4 rings (SSSR count). The second-order valence-electron chi connectivity index (χ2n) is 8.36. The Labute approximate surface area is 197 Å². The molecule has 1 aliphatic rings. The number of halogens is 2. The van der Waals surface area contributed by atoms with E-state index >= 15 is 0 Å². The number of hydrogen-bond donors (Lipinski definition) is 1. The van der Waals surface area contributed by atoms with Gasteiger partial charge in [-0.25, -0.2) is 22.2 Å². The molecule has 10 heteroatoms. The number of nitrogens with zero attached hydrogens (tertiary/aromatic N) is 2. The number of pyridine rings is 2. The maximum atomic E-state index is 14.6. The van der Waals surface area contributed by atoms with Crippen molar-refractivity contribution in [3.63, 3.8) is 0 Å². The van der Waals surface area contributed by atoms with Gasteiger partial charge in [0.2, 0.25) is 5.88 Å². The first kappa shape index (κ1) is 23.9. The standard InChI is InChI=1S/C24H25F2N3O4S/c1-15-5-3-4-8-32-21-11-17(6-7-19(21)25)18-12-22(27-13-20(18)26)28-23-9-16(14-34(2,30)31)10-24(29-23)33-15/h6-7,9-13,15H,3-5,8,14H2,1-2H3,(H,27,28,29). The van der Waals surface area contributed by atoms with Crippen LogP contribution in [0.25, 0.3) is 11.1 Å². The van der Waals surface area contributed by atoms with E-state index in [1.54, 1.807) is 12.1 Å². The summed E-state index contributed by atoms with van der Waals surface area (Å²) in [4.78, 5) is 8.50. The summed E-state index contributed by atoms with van der Waals surface area (Å²) in [5.74, 6) is -0.394. The van der Waals surface area contributed by atoms with E-state index in [-0.39, 0.29) is 34.9 Å². The van der Waals surface area contributed by atoms with Gasteiger partial charge in [0.15, 0.2) is 21.4 Å². The van der Waals surface area contributed by atoms with Crippen molar-refractivity contribution in [3.8, 4) is 22.8 Å². The fraction of sp³-hybridized carbons (Fsp3) is 0.333. The second kappa shape index (κ2) is 9.92. The van der Waals surface area contributed by atoms with Gasteiger partial charge < -0.3 is 14.8 Å². The third-order valence-electron chi connectivity index (χ3n) is 5.23. The molecule has 0 fully saturated rings. The monoisotopic (exact) mass is 489 g/mol. The van der Waals surface area contributed by atoms with Crippen LogP contribution in [0.15, 0.2) is 42.6 Å². The smallest absolute Gasteiger partial charge is 0.215 e. The van der Waals surface area contributed by atoms with Crippen LogP contribution in [0.1, 0.15) is 31.7 Å². The third kappa shape index (κ3) is 6.19. The van der Waals surface area contributed by atoms with E-state index in [4.69, 9.17) is 9.47 Å². The number of anilines is 2. The number of aromatic nitrogens is 2. The molecule has 1 aromatic carbocycles. The van der Waals surface area contributed by atoms with Gasteiger partial charge in [0, 0.05) is 17.9 Å². The van der Waals surface area contributed by atoms with Crippen molar-refractivity contribution >= 4 is 21.5 Å². The first-order valence-corrected chi connectivity index (χ1v) is 12.9. The van der Waals surface area contributed by atoms with Crippen molar-refractivity contribution in [1.82, 2.24) is 9.97 Å². The highest BCUT2D eigenvalue weighted by atomic mass is 32.2. The van der Waals surface area contributed by atoms with Crippen molar-refractivity contribution < 1.29 is 26.7 Å². The van der Waals surface area contributed by atoms with E-state index in [9.17, 15) is 17.2 Å². The summed E-state index contributed by atoms with van der Waals surface area (Å²) in [5.41, 5.74) is 1.13. The minimum absolute atomic E-state index is 0.0515. The van der Waals surface area contributed by atoms with Crippen molar-refractivity contribution in [2.75, 3.05) is 18.2 Å². The fourth-order valence-electron chi connectivity index (χ4n) is 3.69. The largest absolute Gasteiger partial charge is 0.490 e. The lowest BCUT2D eigenvalue weighted by molar-refractivity contribution is 0.193. The predicted octanol–water partition coefficient (Wildman–Crippen LogP) is 5.04. The molecule has 3 heterocycles. The molecule has 0 aliphatic carbocycles. The van der Waals surface area contributed by atoms with Gasteiger partial charge >= 0.3 is 0 Å². The molecule has 6 bridgehead atoms. The van der Waals surface area contributed by atoms with Crippen LogP contribution in [0, 0.1) is 11.6 Å². The Morgan fingerprint density at radius 3 is 2.71 bits per heavy atom. The molecule has 180 valence electrons. The maximum Gasteiger partial charge on any atom is 0.215 e. The molecule has 34 heavy (non-hydrogen) atoms. The Balaban J connectivity index is 1.77. The molecule has 0 saturated heterocycles. The zero-order valence-electron chi connectivity index (χ0n) is 18.8. The zero-order valence-corrected chi connectivity index (χ0v) is 19.7. The molecular weight excluding hydrogens is 464 g/mol.